The van der Waals surface area contributed by atoms with Gasteiger partial charge in [-0.05, 0) is 31.2 Å². The van der Waals surface area contributed by atoms with Crippen molar-refractivity contribution < 1.29 is 9.18 Å². The van der Waals surface area contributed by atoms with E-state index in [0.717, 1.165) is 5.52 Å². The summed E-state index contributed by atoms with van der Waals surface area (Å²) in [5.41, 5.74) is 8.06. The maximum absolute atomic E-state index is 13.6. The lowest BCUT2D eigenvalue weighted by molar-refractivity contribution is -0.116. The highest BCUT2D eigenvalue weighted by Crippen LogP contribution is 2.21. The van der Waals surface area contributed by atoms with Crippen LogP contribution in [0.2, 0.25) is 0 Å². The summed E-state index contributed by atoms with van der Waals surface area (Å²) in [6.45, 7) is 1.84. The Morgan fingerprint density at radius 3 is 2.82 bits per heavy atom. The van der Waals surface area contributed by atoms with Crippen molar-refractivity contribution in [2.45, 2.75) is 13.5 Å². The second-order valence-electron chi connectivity index (χ2n) is 4.99. The summed E-state index contributed by atoms with van der Waals surface area (Å²) >= 11 is 0. The number of hydrogen-bond donors (Lipinski definition) is 2. The number of aromatic nitrogens is 2. The number of nitrogen functional groups attached to an aromatic ring is 1. The van der Waals surface area contributed by atoms with Crippen LogP contribution >= 0.6 is 0 Å². The number of carbonyl (C=O) groups is 1. The Morgan fingerprint density at radius 1 is 1.27 bits per heavy atom. The van der Waals surface area contributed by atoms with E-state index in [1.807, 2.05) is 12.1 Å². The largest absolute Gasteiger partial charge is 0.397 e. The number of imidazole rings is 1. The van der Waals surface area contributed by atoms with Gasteiger partial charge in [0.15, 0.2) is 0 Å². The van der Waals surface area contributed by atoms with E-state index in [2.05, 4.69) is 10.3 Å². The van der Waals surface area contributed by atoms with E-state index < -0.39 is 5.82 Å². The maximum Gasteiger partial charge on any atom is 0.244 e. The van der Waals surface area contributed by atoms with Crippen LogP contribution < -0.4 is 11.1 Å². The lowest BCUT2D eigenvalue weighted by Gasteiger charge is -2.09. The molecule has 1 amide bonds. The molecule has 0 aliphatic carbocycles. The van der Waals surface area contributed by atoms with Crippen LogP contribution in [0.3, 0.4) is 0 Å². The highest BCUT2D eigenvalue weighted by molar-refractivity contribution is 5.93. The third-order valence-electron chi connectivity index (χ3n) is 3.45. The molecule has 6 heteroatoms. The molecule has 3 rings (SSSR count). The molecule has 112 valence electrons. The average molecular weight is 298 g/mol. The fourth-order valence-electron chi connectivity index (χ4n) is 2.38. The van der Waals surface area contributed by atoms with Crippen LogP contribution in [0.25, 0.3) is 11.0 Å². The smallest absolute Gasteiger partial charge is 0.244 e. The predicted molar refractivity (Wildman–Crippen MR) is 83.9 cm³/mol. The number of nitrogens with zero attached hydrogens (tertiary/aromatic N) is 2. The molecular weight excluding hydrogens is 283 g/mol. The number of hydrogen-bond acceptors (Lipinski definition) is 3. The highest BCUT2D eigenvalue weighted by Gasteiger charge is 2.13. The zero-order valence-corrected chi connectivity index (χ0v) is 12.0. The first-order chi connectivity index (χ1) is 10.6. The standard InChI is InChI=1S/C16H15FN4O/c1-10-19-16-12(18)6-4-8-14(16)21(10)9-15(22)20-13-7-3-2-5-11(13)17/h2-8H,9,18H2,1H3,(H,20,22). The Hall–Kier alpha value is -2.89. The second-order valence-corrected chi connectivity index (χ2v) is 4.99. The molecule has 0 saturated carbocycles. The van der Waals surface area contributed by atoms with Gasteiger partial charge in [0.1, 0.15) is 23.7 Å². The number of nitrogens with two attached hydrogens (primary N) is 1. The van der Waals surface area contributed by atoms with Gasteiger partial charge in [-0.1, -0.05) is 18.2 Å². The van der Waals surface area contributed by atoms with Crippen molar-refractivity contribution in [3.8, 4) is 0 Å². The van der Waals surface area contributed by atoms with Crippen LogP contribution in [0.1, 0.15) is 5.82 Å². The Morgan fingerprint density at radius 2 is 2.05 bits per heavy atom. The SMILES string of the molecule is Cc1nc2c(N)cccc2n1CC(=O)Nc1ccccc1F. The molecule has 0 aliphatic rings. The van der Waals surface area contributed by atoms with Crippen molar-refractivity contribution >= 4 is 28.3 Å². The van der Waals surface area contributed by atoms with Crippen LogP contribution in [0, 0.1) is 12.7 Å². The van der Waals surface area contributed by atoms with E-state index in [-0.39, 0.29) is 18.1 Å². The fraction of sp³-hybridized carbons (Fsp3) is 0.125. The van der Waals surface area contributed by atoms with Gasteiger partial charge >= 0.3 is 0 Å². The first kappa shape index (κ1) is 14.1. The molecule has 0 saturated heterocycles. The lowest BCUT2D eigenvalue weighted by Crippen LogP contribution is -2.20. The predicted octanol–water partition coefficient (Wildman–Crippen LogP) is 2.70. The van der Waals surface area contributed by atoms with Crippen molar-refractivity contribution in [1.82, 2.24) is 9.55 Å². The number of fused-ring (bicyclic) bond motifs is 1. The first-order valence-electron chi connectivity index (χ1n) is 6.82. The maximum atomic E-state index is 13.6. The third-order valence-corrected chi connectivity index (χ3v) is 3.45. The third kappa shape index (κ3) is 2.50. The molecular formula is C16H15FN4O. The van der Waals surface area contributed by atoms with Gasteiger partial charge in [0, 0.05) is 0 Å². The number of amides is 1. The van der Waals surface area contributed by atoms with Gasteiger partial charge in [-0.25, -0.2) is 9.37 Å². The number of para-hydroxylation sites is 2. The number of nitrogens with one attached hydrogen (secondary N) is 1. The van der Waals surface area contributed by atoms with E-state index in [4.69, 9.17) is 5.73 Å². The minimum absolute atomic E-state index is 0.0418. The Balaban J connectivity index is 1.87. The monoisotopic (exact) mass is 298 g/mol. The van der Waals surface area contributed by atoms with Crippen molar-refractivity contribution in [2.24, 2.45) is 0 Å². The molecule has 0 fully saturated rings. The molecule has 2 aromatic carbocycles. The summed E-state index contributed by atoms with van der Waals surface area (Å²) < 4.78 is 15.3. The second kappa shape index (κ2) is 5.48. The van der Waals surface area contributed by atoms with Crippen LogP contribution in [-0.4, -0.2) is 15.5 Å². The summed E-state index contributed by atoms with van der Waals surface area (Å²) in [6.07, 6.45) is 0. The molecule has 0 unspecified atom stereocenters. The topological polar surface area (TPSA) is 72.9 Å². The molecule has 5 nitrogen and oxygen atoms in total. The van der Waals surface area contributed by atoms with E-state index >= 15 is 0 Å². The molecule has 0 spiro atoms. The number of aryl methyl sites for hydroxylation is 1. The molecule has 1 aromatic heterocycles. The van der Waals surface area contributed by atoms with Crippen molar-refractivity contribution in [2.75, 3.05) is 11.1 Å². The quantitative estimate of drug-likeness (QED) is 0.730. The Kier molecular flexibility index (Phi) is 3.50. The number of carbonyl (C=O) groups excluding carboxylic acids is 1. The normalized spacial score (nSPS) is 10.8. The zero-order valence-electron chi connectivity index (χ0n) is 12.0. The fourth-order valence-corrected chi connectivity index (χ4v) is 2.38. The Bertz CT molecular complexity index is 856. The van der Waals surface area contributed by atoms with Gasteiger partial charge in [0.2, 0.25) is 5.91 Å². The van der Waals surface area contributed by atoms with Crippen molar-refractivity contribution in [3.63, 3.8) is 0 Å². The van der Waals surface area contributed by atoms with Gasteiger partial charge in [-0.3, -0.25) is 4.79 Å². The van der Waals surface area contributed by atoms with Gasteiger partial charge in [0.25, 0.3) is 0 Å². The first-order valence-corrected chi connectivity index (χ1v) is 6.82. The summed E-state index contributed by atoms with van der Waals surface area (Å²) in [4.78, 5) is 16.5. The number of halogens is 1. The summed E-state index contributed by atoms with van der Waals surface area (Å²) in [6, 6.07) is 11.5. The average Bonchev–Trinajstić information content (AvgIpc) is 2.80. The van der Waals surface area contributed by atoms with Crippen LogP contribution in [0.4, 0.5) is 15.8 Å². The molecule has 1 heterocycles. The van der Waals surface area contributed by atoms with Gasteiger partial charge in [0.05, 0.1) is 16.9 Å². The van der Waals surface area contributed by atoms with Crippen molar-refractivity contribution in [3.05, 3.63) is 54.1 Å². The van der Waals surface area contributed by atoms with Gasteiger partial charge in [-0.15, -0.1) is 0 Å². The van der Waals surface area contributed by atoms with Crippen molar-refractivity contribution in [1.29, 1.82) is 0 Å². The molecule has 0 radical (unpaired) electrons. The number of anilines is 2. The number of rotatable bonds is 3. The highest BCUT2D eigenvalue weighted by atomic mass is 19.1. The summed E-state index contributed by atoms with van der Waals surface area (Å²) in [7, 11) is 0. The minimum Gasteiger partial charge on any atom is -0.397 e. The van der Waals surface area contributed by atoms with E-state index in [1.54, 1.807) is 29.7 Å². The lowest BCUT2D eigenvalue weighted by atomic mass is 10.2. The van der Waals surface area contributed by atoms with Gasteiger partial charge < -0.3 is 15.6 Å². The molecule has 3 N–H and O–H groups in total. The Labute approximate surface area is 126 Å². The molecule has 3 aromatic rings. The minimum atomic E-state index is -0.465. The van der Waals surface area contributed by atoms with E-state index in [1.165, 1.54) is 12.1 Å². The molecule has 0 aliphatic heterocycles. The molecule has 0 atom stereocenters. The van der Waals surface area contributed by atoms with Crippen LogP contribution in [-0.2, 0) is 11.3 Å². The van der Waals surface area contributed by atoms with E-state index in [9.17, 15) is 9.18 Å². The molecule has 22 heavy (non-hydrogen) atoms. The van der Waals surface area contributed by atoms with Crippen LogP contribution in [0.15, 0.2) is 42.5 Å². The summed E-state index contributed by atoms with van der Waals surface area (Å²) in [5.74, 6) is -0.112. The van der Waals surface area contributed by atoms with E-state index in [0.29, 0.717) is 17.0 Å². The number of benzene rings is 2. The van der Waals surface area contributed by atoms with Crippen LogP contribution in [0.5, 0.6) is 0 Å². The zero-order chi connectivity index (χ0) is 15.7. The summed E-state index contributed by atoms with van der Waals surface area (Å²) in [5, 5.41) is 2.56. The molecule has 0 bridgehead atoms. The van der Waals surface area contributed by atoms with Gasteiger partial charge in [-0.2, -0.15) is 0 Å².